The first-order valence-electron chi connectivity index (χ1n) is 11.1. The van der Waals surface area contributed by atoms with Crippen LogP contribution in [-0.2, 0) is 9.84 Å². The van der Waals surface area contributed by atoms with Crippen LogP contribution in [0.2, 0.25) is 0 Å². The number of nitrogens with zero attached hydrogens (tertiary/aromatic N) is 5. The summed E-state index contributed by atoms with van der Waals surface area (Å²) in [5, 5.41) is 4.05. The van der Waals surface area contributed by atoms with Crippen LogP contribution in [0.5, 0.6) is 5.88 Å². The van der Waals surface area contributed by atoms with Gasteiger partial charge in [-0.25, -0.2) is 18.4 Å². The summed E-state index contributed by atoms with van der Waals surface area (Å²) < 4.78 is 34.7. The first-order chi connectivity index (χ1) is 15.7. The predicted octanol–water partition coefficient (Wildman–Crippen LogP) is 3.74. The number of aromatic nitrogens is 4. The Morgan fingerprint density at radius 1 is 1.06 bits per heavy atom. The second-order valence-electron chi connectivity index (χ2n) is 8.77. The second kappa shape index (κ2) is 9.46. The van der Waals surface area contributed by atoms with Crippen molar-refractivity contribution < 1.29 is 17.7 Å². The first kappa shape index (κ1) is 23.2. The number of rotatable bonds is 7. The van der Waals surface area contributed by atoms with Crippen molar-refractivity contribution in [3.05, 3.63) is 42.5 Å². The molecule has 4 rings (SSSR count). The molecule has 176 valence electrons. The molecule has 3 aromatic rings. The van der Waals surface area contributed by atoms with Crippen molar-refractivity contribution >= 4 is 15.9 Å². The molecule has 1 saturated heterocycles. The molecule has 0 bridgehead atoms. The summed E-state index contributed by atoms with van der Waals surface area (Å²) in [7, 11) is -3.23. The molecule has 1 aliphatic rings. The molecule has 9 nitrogen and oxygen atoms in total. The van der Waals surface area contributed by atoms with E-state index in [2.05, 4.69) is 31.9 Å². The summed E-state index contributed by atoms with van der Waals surface area (Å²) in [5.74, 6) is 1.84. The summed E-state index contributed by atoms with van der Waals surface area (Å²) in [5.41, 5.74) is 1.45. The Morgan fingerprint density at radius 2 is 1.76 bits per heavy atom. The fourth-order valence-corrected chi connectivity index (χ4v) is 4.47. The Bertz CT molecular complexity index is 1170. The van der Waals surface area contributed by atoms with Crippen LogP contribution < -0.4 is 9.64 Å². The van der Waals surface area contributed by atoms with E-state index < -0.39 is 9.84 Å². The molecule has 33 heavy (non-hydrogen) atoms. The van der Waals surface area contributed by atoms with Gasteiger partial charge in [0.2, 0.25) is 5.88 Å². The molecule has 0 N–H and O–H groups in total. The molecule has 3 heterocycles. The van der Waals surface area contributed by atoms with Crippen molar-refractivity contribution in [1.29, 1.82) is 0 Å². The molecule has 1 fully saturated rings. The smallest absolute Gasteiger partial charge is 0.324 e. The molecule has 0 radical (unpaired) electrons. The predicted molar refractivity (Wildman–Crippen MR) is 124 cm³/mol. The Balaban J connectivity index is 1.32. The molecule has 1 atom stereocenters. The highest BCUT2D eigenvalue weighted by Crippen LogP contribution is 2.27. The first-order valence-corrected chi connectivity index (χ1v) is 13.0. The highest BCUT2D eigenvalue weighted by molar-refractivity contribution is 7.90. The molecule has 0 unspecified atom stereocenters. The maximum absolute atomic E-state index is 11.6. The third-order valence-corrected chi connectivity index (χ3v) is 7.06. The van der Waals surface area contributed by atoms with Crippen molar-refractivity contribution in [1.82, 2.24) is 20.1 Å². The lowest BCUT2D eigenvalue weighted by Crippen LogP contribution is -2.39. The minimum absolute atomic E-state index is 0.00439. The van der Waals surface area contributed by atoms with Gasteiger partial charge in [-0.3, -0.25) is 0 Å². The van der Waals surface area contributed by atoms with Gasteiger partial charge in [-0.2, -0.15) is 4.98 Å². The van der Waals surface area contributed by atoms with Gasteiger partial charge in [0.15, 0.2) is 15.7 Å². The summed E-state index contributed by atoms with van der Waals surface area (Å²) in [6.45, 7) is 7.83. The summed E-state index contributed by atoms with van der Waals surface area (Å²) in [6, 6.07) is 7.19. The zero-order chi connectivity index (χ0) is 23.6. The molecule has 1 aliphatic heterocycles. The van der Waals surface area contributed by atoms with Gasteiger partial charge in [-0.05, 0) is 37.8 Å². The van der Waals surface area contributed by atoms with Crippen LogP contribution >= 0.6 is 0 Å². The van der Waals surface area contributed by atoms with Crippen LogP contribution in [-0.4, -0.2) is 54.0 Å². The Labute approximate surface area is 194 Å². The zero-order valence-corrected chi connectivity index (χ0v) is 20.1. The monoisotopic (exact) mass is 471 g/mol. The Kier molecular flexibility index (Phi) is 6.64. The average molecular weight is 472 g/mol. The highest BCUT2D eigenvalue weighted by Gasteiger charge is 2.28. The summed E-state index contributed by atoms with van der Waals surface area (Å²) in [6.07, 6.45) is 6.35. The number of piperidine rings is 1. The van der Waals surface area contributed by atoms with E-state index >= 15 is 0 Å². The SMILES string of the molecule is CC(C)c1noc(N2CCC([C@@H](C)Oc3cnc(-c4ccc(S(C)(=O)=O)cc4)cn3)CC2)n1. The van der Waals surface area contributed by atoms with E-state index in [-0.39, 0.29) is 16.9 Å². The van der Waals surface area contributed by atoms with Crippen LogP contribution in [0.4, 0.5) is 6.01 Å². The van der Waals surface area contributed by atoms with Crippen LogP contribution in [0.3, 0.4) is 0 Å². The van der Waals surface area contributed by atoms with E-state index in [1.807, 2.05) is 13.8 Å². The summed E-state index contributed by atoms with van der Waals surface area (Å²) in [4.78, 5) is 15.7. The Hall–Kier alpha value is -3.01. The van der Waals surface area contributed by atoms with E-state index in [4.69, 9.17) is 9.26 Å². The number of hydrogen-bond acceptors (Lipinski definition) is 9. The van der Waals surface area contributed by atoms with Crippen LogP contribution in [0.1, 0.15) is 45.4 Å². The largest absolute Gasteiger partial charge is 0.473 e. The summed E-state index contributed by atoms with van der Waals surface area (Å²) >= 11 is 0. The minimum Gasteiger partial charge on any atom is -0.473 e. The van der Waals surface area contributed by atoms with Crippen molar-refractivity contribution in [2.45, 2.75) is 50.5 Å². The van der Waals surface area contributed by atoms with E-state index in [0.717, 1.165) is 37.3 Å². The van der Waals surface area contributed by atoms with Crippen LogP contribution in [0, 0.1) is 5.92 Å². The van der Waals surface area contributed by atoms with E-state index in [1.54, 1.807) is 36.7 Å². The zero-order valence-electron chi connectivity index (χ0n) is 19.3. The minimum atomic E-state index is -3.23. The molecule has 10 heteroatoms. The number of anilines is 1. The quantitative estimate of drug-likeness (QED) is 0.509. The van der Waals surface area contributed by atoms with Crippen molar-refractivity contribution in [2.75, 3.05) is 24.2 Å². The molecule has 0 saturated carbocycles. The van der Waals surface area contributed by atoms with Crippen LogP contribution in [0.25, 0.3) is 11.3 Å². The third-order valence-electron chi connectivity index (χ3n) is 5.93. The van der Waals surface area contributed by atoms with Gasteiger partial charge in [-0.15, -0.1) is 0 Å². The van der Waals surface area contributed by atoms with Gasteiger partial charge in [0.05, 0.1) is 23.0 Å². The van der Waals surface area contributed by atoms with Gasteiger partial charge in [0, 0.05) is 30.8 Å². The molecular weight excluding hydrogens is 442 g/mol. The molecular formula is C23H29N5O4S. The highest BCUT2D eigenvalue weighted by atomic mass is 32.2. The molecule has 2 aromatic heterocycles. The number of ether oxygens (including phenoxy) is 1. The lowest BCUT2D eigenvalue weighted by Gasteiger charge is -2.33. The second-order valence-corrected chi connectivity index (χ2v) is 10.8. The number of sulfone groups is 1. The normalized spacial score (nSPS) is 16.2. The van der Waals surface area contributed by atoms with E-state index in [9.17, 15) is 8.42 Å². The lowest BCUT2D eigenvalue weighted by molar-refractivity contribution is 0.126. The molecule has 0 spiro atoms. The van der Waals surface area contributed by atoms with Gasteiger partial charge >= 0.3 is 6.01 Å². The number of benzene rings is 1. The lowest BCUT2D eigenvalue weighted by atomic mass is 9.92. The van der Waals surface area contributed by atoms with Crippen molar-refractivity contribution in [3.63, 3.8) is 0 Å². The molecule has 0 amide bonds. The van der Waals surface area contributed by atoms with Gasteiger partial charge < -0.3 is 14.2 Å². The maximum atomic E-state index is 11.6. The van der Waals surface area contributed by atoms with Gasteiger partial charge in [-0.1, -0.05) is 31.1 Å². The standard InChI is InChI=1S/C23H29N5O4S/c1-15(2)22-26-23(32-27-22)28-11-9-17(10-12-28)16(3)31-21-14-24-20(13-25-21)18-5-7-19(8-6-18)33(4,29)30/h5-8,13-17H,9-12H2,1-4H3/t16-/m1/s1. The fourth-order valence-electron chi connectivity index (χ4n) is 3.84. The fraction of sp³-hybridized carbons (Fsp3) is 0.478. The maximum Gasteiger partial charge on any atom is 0.324 e. The molecule has 0 aliphatic carbocycles. The third kappa shape index (κ3) is 5.50. The average Bonchev–Trinajstić information content (AvgIpc) is 3.30. The van der Waals surface area contributed by atoms with Crippen molar-refractivity contribution in [2.24, 2.45) is 5.92 Å². The Morgan fingerprint density at radius 3 is 2.30 bits per heavy atom. The topological polar surface area (TPSA) is 111 Å². The molecule has 1 aromatic carbocycles. The number of hydrogen-bond donors (Lipinski definition) is 0. The van der Waals surface area contributed by atoms with Gasteiger partial charge in [0.25, 0.3) is 0 Å². The van der Waals surface area contributed by atoms with E-state index in [1.165, 1.54) is 6.26 Å². The van der Waals surface area contributed by atoms with Gasteiger partial charge in [0.1, 0.15) is 6.10 Å². The van der Waals surface area contributed by atoms with Crippen LogP contribution in [0.15, 0.2) is 46.1 Å². The van der Waals surface area contributed by atoms with E-state index in [0.29, 0.717) is 23.5 Å². The van der Waals surface area contributed by atoms with Crippen molar-refractivity contribution in [3.8, 4) is 17.1 Å².